The van der Waals surface area contributed by atoms with Crippen molar-refractivity contribution >= 4 is 27.3 Å². The number of benzene rings is 1. The van der Waals surface area contributed by atoms with Crippen LogP contribution in [0.15, 0.2) is 34.8 Å². The molecule has 2 rings (SSSR count). The van der Waals surface area contributed by atoms with Crippen LogP contribution in [0.3, 0.4) is 0 Å². The maximum Gasteiger partial charge on any atom is 0.123 e. The molecule has 84 valence electrons. The Balaban J connectivity index is 2.38. The Morgan fingerprint density at radius 2 is 2.12 bits per heavy atom. The van der Waals surface area contributed by atoms with Gasteiger partial charge in [0, 0.05) is 9.35 Å². The van der Waals surface area contributed by atoms with Gasteiger partial charge in [-0.3, -0.25) is 0 Å². The van der Waals surface area contributed by atoms with Crippen LogP contribution in [0.4, 0.5) is 4.39 Å². The van der Waals surface area contributed by atoms with Crippen molar-refractivity contribution in [3.05, 3.63) is 55.9 Å². The minimum Gasteiger partial charge on any atom is -0.383 e. The molecule has 0 amide bonds. The lowest BCUT2D eigenvalue weighted by Gasteiger charge is -2.09. The number of hydrogen-bond acceptors (Lipinski definition) is 2. The van der Waals surface area contributed by atoms with E-state index in [0.717, 1.165) is 14.2 Å². The van der Waals surface area contributed by atoms with E-state index in [1.165, 1.54) is 23.5 Å². The Morgan fingerprint density at radius 1 is 1.38 bits per heavy atom. The smallest absolute Gasteiger partial charge is 0.123 e. The summed E-state index contributed by atoms with van der Waals surface area (Å²) in [7, 11) is 0. The SMILES string of the molecule is Cc1cc(Br)c(C(O)c2cccc(F)c2)s1. The van der Waals surface area contributed by atoms with Crippen LogP contribution < -0.4 is 0 Å². The average Bonchev–Trinajstić information content (AvgIpc) is 2.57. The van der Waals surface area contributed by atoms with Crippen LogP contribution in [-0.4, -0.2) is 5.11 Å². The zero-order valence-corrected chi connectivity index (χ0v) is 11.0. The predicted octanol–water partition coefficient (Wildman–Crippen LogP) is 4.04. The first-order valence-electron chi connectivity index (χ1n) is 4.77. The van der Waals surface area contributed by atoms with Crippen LogP contribution in [0.2, 0.25) is 0 Å². The largest absolute Gasteiger partial charge is 0.383 e. The first-order valence-corrected chi connectivity index (χ1v) is 6.38. The van der Waals surface area contributed by atoms with Crippen molar-refractivity contribution in [2.75, 3.05) is 0 Å². The first-order chi connectivity index (χ1) is 7.58. The quantitative estimate of drug-likeness (QED) is 0.887. The third kappa shape index (κ3) is 2.34. The van der Waals surface area contributed by atoms with E-state index in [9.17, 15) is 9.50 Å². The van der Waals surface area contributed by atoms with Gasteiger partial charge in [-0.15, -0.1) is 11.3 Å². The molecule has 1 aromatic carbocycles. The molecule has 0 spiro atoms. The fourth-order valence-corrected chi connectivity index (χ4v) is 3.40. The second kappa shape index (κ2) is 4.65. The van der Waals surface area contributed by atoms with E-state index < -0.39 is 6.10 Å². The molecule has 1 aromatic heterocycles. The van der Waals surface area contributed by atoms with Crippen LogP contribution in [0.1, 0.15) is 21.4 Å². The molecule has 16 heavy (non-hydrogen) atoms. The number of aliphatic hydroxyl groups is 1. The molecule has 1 N–H and O–H groups in total. The first kappa shape index (κ1) is 11.8. The summed E-state index contributed by atoms with van der Waals surface area (Å²) in [5.41, 5.74) is 0.572. The van der Waals surface area contributed by atoms with E-state index in [-0.39, 0.29) is 5.82 Å². The van der Waals surface area contributed by atoms with Gasteiger partial charge in [0.2, 0.25) is 0 Å². The van der Waals surface area contributed by atoms with Gasteiger partial charge >= 0.3 is 0 Å². The van der Waals surface area contributed by atoms with Crippen LogP contribution >= 0.6 is 27.3 Å². The van der Waals surface area contributed by atoms with Gasteiger partial charge in [-0.05, 0) is 46.6 Å². The topological polar surface area (TPSA) is 20.2 Å². The highest BCUT2D eigenvalue weighted by atomic mass is 79.9. The van der Waals surface area contributed by atoms with Gasteiger partial charge < -0.3 is 5.11 Å². The summed E-state index contributed by atoms with van der Waals surface area (Å²) in [5, 5.41) is 10.1. The summed E-state index contributed by atoms with van der Waals surface area (Å²) in [6.07, 6.45) is -0.774. The molecule has 1 heterocycles. The number of thiophene rings is 1. The standard InChI is InChI=1S/C12H10BrFOS/c1-7-5-10(13)12(16-7)11(15)8-3-2-4-9(14)6-8/h2-6,11,15H,1H3. The fourth-order valence-electron chi connectivity index (χ4n) is 1.52. The van der Waals surface area contributed by atoms with E-state index in [4.69, 9.17) is 0 Å². The molecular weight excluding hydrogens is 291 g/mol. The van der Waals surface area contributed by atoms with Gasteiger partial charge in [-0.2, -0.15) is 0 Å². The van der Waals surface area contributed by atoms with Gasteiger partial charge in [0.15, 0.2) is 0 Å². The summed E-state index contributed by atoms with van der Waals surface area (Å²) >= 11 is 4.89. The van der Waals surface area contributed by atoms with Crippen molar-refractivity contribution in [1.82, 2.24) is 0 Å². The molecule has 0 fully saturated rings. The van der Waals surface area contributed by atoms with Crippen molar-refractivity contribution in [3.63, 3.8) is 0 Å². The molecule has 1 unspecified atom stereocenters. The summed E-state index contributed by atoms with van der Waals surface area (Å²) in [5.74, 6) is -0.332. The average molecular weight is 301 g/mol. The molecule has 0 bridgehead atoms. The van der Waals surface area contributed by atoms with Crippen molar-refractivity contribution in [3.8, 4) is 0 Å². The molecule has 0 aliphatic heterocycles. The third-order valence-corrected chi connectivity index (χ3v) is 4.27. The summed E-state index contributed by atoms with van der Waals surface area (Å²) in [4.78, 5) is 1.92. The maximum atomic E-state index is 13.0. The highest BCUT2D eigenvalue weighted by Gasteiger charge is 2.16. The molecule has 0 aliphatic rings. The van der Waals surface area contributed by atoms with Gasteiger partial charge in [-0.25, -0.2) is 4.39 Å². The number of rotatable bonds is 2. The lowest BCUT2D eigenvalue weighted by atomic mass is 10.1. The molecule has 0 saturated carbocycles. The summed E-state index contributed by atoms with van der Waals surface area (Å²) < 4.78 is 13.9. The monoisotopic (exact) mass is 300 g/mol. The van der Waals surface area contributed by atoms with E-state index in [1.54, 1.807) is 12.1 Å². The summed E-state index contributed by atoms with van der Waals surface area (Å²) in [6.45, 7) is 1.97. The molecule has 0 aliphatic carbocycles. The van der Waals surface area contributed by atoms with Gasteiger partial charge in [0.05, 0.1) is 4.88 Å². The van der Waals surface area contributed by atoms with Crippen LogP contribution in [0, 0.1) is 12.7 Å². The fraction of sp³-hybridized carbons (Fsp3) is 0.167. The molecule has 0 radical (unpaired) electrons. The highest BCUT2D eigenvalue weighted by molar-refractivity contribution is 9.10. The minimum atomic E-state index is -0.774. The normalized spacial score (nSPS) is 12.8. The van der Waals surface area contributed by atoms with Gasteiger partial charge in [0.1, 0.15) is 11.9 Å². The second-order valence-corrected chi connectivity index (χ2v) is 5.67. The van der Waals surface area contributed by atoms with E-state index in [2.05, 4.69) is 15.9 Å². The van der Waals surface area contributed by atoms with Crippen molar-refractivity contribution in [2.45, 2.75) is 13.0 Å². The van der Waals surface area contributed by atoms with Crippen LogP contribution in [0.25, 0.3) is 0 Å². The molecule has 1 atom stereocenters. The van der Waals surface area contributed by atoms with Crippen molar-refractivity contribution < 1.29 is 9.50 Å². The Bertz CT molecular complexity index is 509. The molecule has 1 nitrogen and oxygen atoms in total. The maximum absolute atomic E-state index is 13.0. The third-order valence-electron chi connectivity index (χ3n) is 2.25. The Labute approximate surface area is 106 Å². The minimum absolute atomic E-state index is 0.332. The lowest BCUT2D eigenvalue weighted by Crippen LogP contribution is -1.98. The highest BCUT2D eigenvalue weighted by Crippen LogP contribution is 2.35. The predicted molar refractivity (Wildman–Crippen MR) is 67.2 cm³/mol. The number of aliphatic hydroxyl groups excluding tert-OH is 1. The van der Waals surface area contributed by atoms with E-state index in [1.807, 2.05) is 13.0 Å². The van der Waals surface area contributed by atoms with Crippen molar-refractivity contribution in [2.24, 2.45) is 0 Å². The Morgan fingerprint density at radius 3 is 2.69 bits per heavy atom. The molecule has 4 heteroatoms. The Hall–Kier alpha value is -0.710. The molecule has 2 aromatic rings. The summed E-state index contributed by atoms with van der Waals surface area (Å²) in [6, 6.07) is 7.98. The van der Waals surface area contributed by atoms with E-state index >= 15 is 0 Å². The zero-order chi connectivity index (χ0) is 11.7. The van der Waals surface area contributed by atoms with E-state index in [0.29, 0.717) is 5.56 Å². The zero-order valence-electron chi connectivity index (χ0n) is 8.58. The van der Waals surface area contributed by atoms with Crippen LogP contribution in [0.5, 0.6) is 0 Å². The van der Waals surface area contributed by atoms with Crippen LogP contribution in [-0.2, 0) is 0 Å². The second-order valence-electron chi connectivity index (χ2n) is 3.53. The number of aryl methyl sites for hydroxylation is 1. The number of hydrogen-bond donors (Lipinski definition) is 1. The van der Waals surface area contributed by atoms with Gasteiger partial charge in [0.25, 0.3) is 0 Å². The van der Waals surface area contributed by atoms with Crippen molar-refractivity contribution in [1.29, 1.82) is 0 Å². The Kier molecular flexibility index (Phi) is 3.42. The molecular formula is C12H10BrFOS. The number of halogens is 2. The van der Waals surface area contributed by atoms with Gasteiger partial charge in [-0.1, -0.05) is 12.1 Å². The lowest BCUT2D eigenvalue weighted by molar-refractivity contribution is 0.223. The molecule has 0 saturated heterocycles.